The van der Waals surface area contributed by atoms with Gasteiger partial charge in [0.1, 0.15) is 11.6 Å². The van der Waals surface area contributed by atoms with E-state index >= 15 is 0 Å². The first-order valence-electron chi connectivity index (χ1n) is 16.5. The second kappa shape index (κ2) is 18.8. The molecule has 0 radical (unpaired) electrons. The summed E-state index contributed by atoms with van der Waals surface area (Å²) < 4.78 is 0. The Kier molecular flexibility index (Phi) is 15.2. The number of thioether (sulfide) groups is 1. The van der Waals surface area contributed by atoms with E-state index in [-0.39, 0.29) is 30.3 Å². The number of carboxylic acids is 1. The lowest BCUT2D eigenvalue weighted by atomic mass is 9.99. The fourth-order valence-corrected chi connectivity index (χ4v) is 5.99. The van der Waals surface area contributed by atoms with Crippen LogP contribution in [-0.4, -0.2) is 77.7 Å². The third-order valence-corrected chi connectivity index (χ3v) is 8.79. The van der Waals surface area contributed by atoms with Gasteiger partial charge in [0.25, 0.3) is 0 Å². The molecule has 0 saturated heterocycles. The topological polar surface area (TPSA) is 146 Å². The maximum Gasteiger partial charge on any atom is 0.320 e. The molecule has 256 valence electrons. The number of carboxylic acid groups (broad SMARTS) is 1. The van der Waals surface area contributed by atoms with Gasteiger partial charge in [0.15, 0.2) is 0 Å². The Morgan fingerprint density at radius 1 is 0.851 bits per heavy atom. The normalized spacial score (nSPS) is 14.4. The first-order chi connectivity index (χ1) is 22.4. The van der Waals surface area contributed by atoms with E-state index in [2.05, 4.69) is 51.6 Å². The fraction of sp³-hybridized carbons (Fsp3) is 0.486. The minimum Gasteiger partial charge on any atom is -0.480 e. The predicted molar refractivity (Wildman–Crippen MR) is 194 cm³/mol. The SMILES string of the molecule is CSCC[C@H](NC[C@@H](N)Cc1ccc2ccccc2c1)C(=O)NC(C)(C)C(=O)N[C@H](CN[C@@H](CC(C)C)C(=O)O)Cc1ccccc1. The first kappa shape index (κ1) is 38.0. The van der Waals surface area contributed by atoms with Crippen molar-refractivity contribution in [2.24, 2.45) is 11.7 Å². The summed E-state index contributed by atoms with van der Waals surface area (Å²) in [6.45, 7) is 8.03. The first-order valence-corrected chi connectivity index (χ1v) is 17.9. The molecule has 0 saturated carbocycles. The molecule has 0 spiro atoms. The molecule has 3 aromatic rings. The van der Waals surface area contributed by atoms with Crippen molar-refractivity contribution in [3.05, 3.63) is 83.9 Å². The number of carbonyl (C=O) groups is 3. The molecule has 0 heterocycles. The van der Waals surface area contributed by atoms with Crippen LogP contribution in [0, 0.1) is 5.92 Å². The van der Waals surface area contributed by atoms with Crippen LogP contribution in [-0.2, 0) is 27.2 Å². The molecule has 0 unspecified atom stereocenters. The largest absolute Gasteiger partial charge is 0.480 e. The van der Waals surface area contributed by atoms with Gasteiger partial charge in [-0.15, -0.1) is 0 Å². The minimum absolute atomic E-state index is 0.195. The van der Waals surface area contributed by atoms with Gasteiger partial charge in [0.05, 0.1) is 6.04 Å². The molecule has 0 fully saturated rings. The number of hydrogen-bond donors (Lipinski definition) is 6. The van der Waals surface area contributed by atoms with Crippen LogP contribution >= 0.6 is 11.8 Å². The van der Waals surface area contributed by atoms with Crippen molar-refractivity contribution in [1.82, 2.24) is 21.3 Å². The van der Waals surface area contributed by atoms with Crippen LogP contribution in [0.2, 0.25) is 0 Å². The number of hydrogen-bond acceptors (Lipinski definition) is 7. The minimum atomic E-state index is -1.22. The van der Waals surface area contributed by atoms with Crippen molar-refractivity contribution in [3.63, 3.8) is 0 Å². The summed E-state index contributed by atoms with van der Waals surface area (Å²) >= 11 is 1.65. The zero-order valence-electron chi connectivity index (χ0n) is 28.4. The Hall–Kier alpha value is -3.44. The van der Waals surface area contributed by atoms with Crippen molar-refractivity contribution in [2.45, 2.75) is 83.1 Å². The third kappa shape index (κ3) is 12.9. The number of rotatable bonds is 20. The number of nitrogens with one attached hydrogen (secondary N) is 4. The monoisotopic (exact) mass is 663 g/mol. The lowest BCUT2D eigenvalue weighted by molar-refractivity contribution is -0.140. The zero-order chi connectivity index (χ0) is 34.4. The van der Waals surface area contributed by atoms with Crippen LogP contribution in [0.4, 0.5) is 0 Å². The van der Waals surface area contributed by atoms with Crippen molar-refractivity contribution in [3.8, 4) is 0 Å². The number of carbonyl (C=O) groups excluding carboxylic acids is 2. The summed E-state index contributed by atoms with van der Waals surface area (Å²) in [7, 11) is 0. The van der Waals surface area contributed by atoms with Gasteiger partial charge >= 0.3 is 5.97 Å². The highest BCUT2D eigenvalue weighted by Crippen LogP contribution is 2.17. The summed E-state index contributed by atoms with van der Waals surface area (Å²) in [5, 5.41) is 24.6. The van der Waals surface area contributed by atoms with Crippen LogP contribution in [0.1, 0.15) is 51.7 Å². The molecule has 0 aliphatic heterocycles. The fourth-order valence-electron chi connectivity index (χ4n) is 5.51. The summed E-state index contributed by atoms with van der Waals surface area (Å²) in [6.07, 6.45) is 4.22. The molecule has 9 nitrogen and oxygen atoms in total. The third-order valence-electron chi connectivity index (χ3n) is 8.14. The molecule has 2 amide bonds. The highest BCUT2D eigenvalue weighted by Gasteiger charge is 2.34. The summed E-state index contributed by atoms with van der Waals surface area (Å²) in [6, 6.07) is 22.4. The second-order valence-corrected chi connectivity index (χ2v) is 14.3. The average molecular weight is 664 g/mol. The standard InChI is InChI=1S/C37H53N5O4S/c1-25(2)19-33(35(44)45)40-24-31(22-26-11-7-6-8-12-26)41-36(46)37(3,4)42-34(43)32(17-18-47-5)39-23-30(38)21-27-15-16-28-13-9-10-14-29(28)20-27/h6-16,20,25,30-33,39-40H,17-19,21-24,38H2,1-5H3,(H,41,46)(H,42,43)(H,44,45)/t30-,31-,32-,33-/m0/s1. The van der Waals surface area contributed by atoms with Gasteiger partial charge in [0, 0.05) is 25.2 Å². The molecular weight excluding hydrogens is 611 g/mol. The summed E-state index contributed by atoms with van der Waals surface area (Å²) in [5.41, 5.74) is 7.44. The van der Waals surface area contributed by atoms with E-state index in [1.54, 1.807) is 25.6 Å². The average Bonchev–Trinajstić information content (AvgIpc) is 3.02. The Labute approximate surface area is 284 Å². The van der Waals surface area contributed by atoms with Crippen LogP contribution in [0.5, 0.6) is 0 Å². The number of aliphatic carboxylic acids is 1. The van der Waals surface area contributed by atoms with E-state index in [9.17, 15) is 19.5 Å². The van der Waals surface area contributed by atoms with Gasteiger partial charge in [0.2, 0.25) is 11.8 Å². The molecule has 47 heavy (non-hydrogen) atoms. The van der Waals surface area contributed by atoms with E-state index in [0.717, 1.165) is 16.9 Å². The summed E-state index contributed by atoms with van der Waals surface area (Å²) in [4.78, 5) is 39.1. The lowest BCUT2D eigenvalue weighted by Crippen LogP contribution is -2.61. The smallest absolute Gasteiger partial charge is 0.320 e. The Morgan fingerprint density at radius 2 is 1.51 bits per heavy atom. The molecule has 0 aromatic heterocycles. The Morgan fingerprint density at radius 3 is 2.17 bits per heavy atom. The van der Waals surface area contributed by atoms with Crippen molar-refractivity contribution in [2.75, 3.05) is 25.1 Å². The highest BCUT2D eigenvalue weighted by atomic mass is 32.2. The quantitative estimate of drug-likeness (QED) is 0.106. The van der Waals surface area contributed by atoms with Crippen LogP contribution in [0.3, 0.4) is 0 Å². The summed E-state index contributed by atoms with van der Waals surface area (Å²) in [5.74, 6) is -0.569. The van der Waals surface area contributed by atoms with Crippen molar-refractivity contribution >= 4 is 40.3 Å². The van der Waals surface area contributed by atoms with E-state index in [0.29, 0.717) is 32.2 Å². The van der Waals surface area contributed by atoms with Gasteiger partial charge in [-0.25, -0.2) is 0 Å². The zero-order valence-corrected chi connectivity index (χ0v) is 29.2. The predicted octanol–water partition coefficient (Wildman–Crippen LogP) is 4.13. The van der Waals surface area contributed by atoms with Gasteiger partial charge in [-0.2, -0.15) is 11.8 Å². The van der Waals surface area contributed by atoms with E-state index in [1.165, 1.54) is 10.8 Å². The van der Waals surface area contributed by atoms with Gasteiger partial charge in [-0.3, -0.25) is 14.4 Å². The Bertz CT molecular complexity index is 1430. The van der Waals surface area contributed by atoms with Gasteiger partial charge < -0.3 is 32.1 Å². The molecule has 4 atom stereocenters. The van der Waals surface area contributed by atoms with Gasteiger partial charge in [-0.05, 0) is 79.4 Å². The molecule has 0 aliphatic carbocycles. The highest BCUT2D eigenvalue weighted by molar-refractivity contribution is 7.98. The molecular formula is C37H53N5O4S. The van der Waals surface area contributed by atoms with Crippen LogP contribution in [0.25, 0.3) is 10.8 Å². The molecule has 0 bridgehead atoms. The molecule has 3 rings (SSSR count). The maximum atomic E-state index is 13.6. The van der Waals surface area contributed by atoms with Gasteiger partial charge in [-0.1, -0.05) is 86.6 Å². The molecule has 3 aromatic carbocycles. The van der Waals surface area contributed by atoms with E-state index in [1.807, 2.05) is 62.6 Å². The van der Waals surface area contributed by atoms with Crippen molar-refractivity contribution < 1.29 is 19.5 Å². The van der Waals surface area contributed by atoms with E-state index in [4.69, 9.17) is 5.73 Å². The van der Waals surface area contributed by atoms with Crippen molar-refractivity contribution in [1.29, 1.82) is 0 Å². The van der Waals surface area contributed by atoms with Crippen LogP contribution < -0.4 is 27.0 Å². The Balaban J connectivity index is 1.63. The number of benzene rings is 3. The number of amides is 2. The second-order valence-electron chi connectivity index (χ2n) is 13.3. The number of fused-ring (bicyclic) bond motifs is 1. The number of nitrogens with two attached hydrogens (primary N) is 1. The lowest BCUT2D eigenvalue weighted by Gasteiger charge is -2.31. The maximum absolute atomic E-state index is 13.6. The molecule has 0 aliphatic rings. The van der Waals surface area contributed by atoms with Crippen LogP contribution in [0.15, 0.2) is 72.8 Å². The van der Waals surface area contributed by atoms with E-state index < -0.39 is 29.6 Å². The molecule has 7 N–H and O–H groups in total. The molecule has 10 heteroatoms.